The van der Waals surface area contributed by atoms with E-state index in [0.29, 0.717) is 52.4 Å². The maximum atomic E-state index is 13.6. The van der Waals surface area contributed by atoms with Crippen LogP contribution in [0.25, 0.3) is 16.9 Å². The summed E-state index contributed by atoms with van der Waals surface area (Å²) in [5.41, 5.74) is 2.71. The summed E-state index contributed by atoms with van der Waals surface area (Å²) in [6.07, 6.45) is 0.801. The Kier molecular flexibility index (Phi) is 8.07. The molecule has 2 aromatic carbocycles. The Hall–Kier alpha value is -2.74. The highest BCUT2D eigenvalue weighted by molar-refractivity contribution is 6.35. The average molecular weight is 564 g/mol. The van der Waals surface area contributed by atoms with E-state index in [9.17, 15) is 9.59 Å². The predicted octanol–water partition coefficient (Wildman–Crippen LogP) is 6.94. The first-order valence-electron chi connectivity index (χ1n) is 12.0. The largest absolute Gasteiger partial charge is 0.444 e. The van der Waals surface area contributed by atoms with Gasteiger partial charge >= 0.3 is 6.09 Å². The Balaban J connectivity index is 1.60. The zero-order valence-electron chi connectivity index (χ0n) is 21.1. The molecule has 2 amide bonds. The van der Waals surface area contributed by atoms with Gasteiger partial charge in [-0.3, -0.25) is 4.79 Å². The van der Waals surface area contributed by atoms with Crippen molar-refractivity contribution in [3.8, 4) is 16.9 Å². The van der Waals surface area contributed by atoms with Crippen LogP contribution in [0.1, 0.15) is 49.7 Å². The number of rotatable bonds is 4. The van der Waals surface area contributed by atoms with Crippen molar-refractivity contribution in [1.29, 1.82) is 0 Å². The molecule has 7 nitrogen and oxygen atoms in total. The molecule has 4 rings (SSSR count). The molecule has 0 bridgehead atoms. The fraction of sp³-hybridized carbons (Fsp3) is 0.370. The van der Waals surface area contributed by atoms with Crippen molar-refractivity contribution in [3.63, 3.8) is 0 Å². The van der Waals surface area contributed by atoms with E-state index in [1.807, 2.05) is 39.8 Å². The number of aromatic nitrogens is 2. The third-order valence-electron chi connectivity index (χ3n) is 6.08. The normalized spacial score (nSPS) is 14.5. The van der Waals surface area contributed by atoms with Crippen molar-refractivity contribution < 1.29 is 14.3 Å². The molecule has 0 atom stereocenters. The topological polar surface area (TPSA) is 76.5 Å². The Morgan fingerprint density at radius 2 is 1.62 bits per heavy atom. The average Bonchev–Trinajstić information content (AvgIpc) is 3.15. The molecule has 1 aromatic heterocycles. The number of carbonyl (C=O) groups excluding carboxylic acids is 2. The number of alkyl carbamates (subject to hydrolysis) is 1. The lowest BCUT2D eigenvalue weighted by atomic mass is 10.0. The molecule has 196 valence electrons. The van der Waals surface area contributed by atoms with Crippen molar-refractivity contribution in [1.82, 2.24) is 20.0 Å². The standard InChI is InChI=1S/C27H29Cl3N4O3/c1-16-23(25(35)33-13-11-20(12-14-33)31-26(36)37-27(2,3)4)32-34(22-10-9-19(29)15-21(22)30)24(16)17-5-7-18(28)8-6-17/h5-10,15,20H,11-14H2,1-4H3,(H,31,36). The maximum Gasteiger partial charge on any atom is 0.407 e. The van der Waals surface area contributed by atoms with Crippen LogP contribution in [0.3, 0.4) is 0 Å². The summed E-state index contributed by atoms with van der Waals surface area (Å²) in [4.78, 5) is 27.5. The number of nitrogens with one attached hydrogen (secondary N) is 1. The molecule has 1 aliphatic rings. The first kappa shape index (κ1) is 27.3. The molecule has 0 unspecified atom stereocenters. The van der Waals surface area contributed by atoms with E-state index in [0.717, 1.165) is 16.8 Å². The molecule has 0 spiro atoms. The Bertz CT molecular complexity index is 1310. The van der Waals surface area contributed by atoms with Crippen LogP contribution in [-0.2, 0) is 4.74 Å². The fourth-order valence-electron chi connectivity index (χ4n) is 4.32. The second kappa shape index (κ2) is 10.9. The molecule has 1 fully saturated rings. The lowest BCUT2D eigenvalue weighted by Gasteiger charge is -2.32. The van der Waals surface area contributed by atoms with E-state index < -0.39 is 11.7 Å². The monoisotopic (exact) mass is 562 g/mol. The van der Waals surface area contributed by atoms with Crippen molar-refractivity contribution in [2.24, 2.45) is 0 Å². The zero-order chi connectivity index (χ0) is 26.9. The summed E-state index contributed by atoms with van der Waals surface area (Å²) in [6, 6.07) is 12.4. The third-order valence-corrected chi connectivity index (χ3v) is 6.87. The van der Waals surface area contributed by atoms with Crippen LogP contribution in [0.4, 0.5) is 4.79 Å². The fourth-order valence-corrected chi connectivity index (χ4v) is 4.94. The van der Waals surface area contributed by atoms with E-state index in [1.165, 1.54) is 0 Å². The SMILES string of the molecule is Cc1c(C(=O)N2CCC(NC(=O)OC(C)(C)C)CC2)nn(-c2ccc(Cl)cc2Cl)c1-c1ccc(Cl)cc1. The molecular weight excluding hydrogens is 535 g/mol. The Labute approximate surface area is 231 Å². The van der Waals surface area contributed by atoms with Crippen molar-refractivity contribution >= 4 is 46.8 Å². The molecule has 1 saturated heterocycles. The smallest absolute Gasteiger partial charge is 0.407 e. The zero-order valence-corrected chi connectivity index (χ0v) is 23.4. The van der Waals surface area contributed by atoms with E-state index >= 15 is 0 Å². The molecule has 0 aliphatic carbocycles. The summed E-state index contributed by atoms with van der Waals surface area (Å²) in [6.45, 7) is 8.33. The molecule has 0 saturated carbocycles. The van der Waals surface area contributed by atoms with E-state index in [-0.39, 0.29) is 11.9 Å². The lowest BCUT2D eigenvalue weighted by molar-refractivity contribution is 0.0473. The van der Waals surface area contributed by atoms with Crippen LogP contribution in [0.2, 0.25) is 15.1 Å². The van der Waals surface area contributed by atoms with Crippen LogP contribution in [-0.4, -0.2) is 51.4 Å². The van der Waals surface area contributed by atoms with E-state index in [1.54, 1.807) is 39.9 Å². The second-order valence-electron chi connectivity index (χ2n) is 10.0. The molecule has 10 heteroatoms. The van der Waals surface area contributed by atoms with Gasteiger partial charge in [-0.05, 0) is 70.9 Å². The van der Waals surface area contributed by atoms with Gasteiger partial charge in [0.2, 0.25) is 0 Å². The molecule has 0 radical (unpaired) electrons. The van der Waals surface area contributed by atoms with Gasteiger partial charge in [-0.15, -0.1) is 0 Å². The van der Waals surface area contributed by atoms with Crippen LogP contribution in [0.15, 0.2) is 42.5 Å². The van der Waals surface area contributed by atoms with E-state index in [2.05, 4.69) is 5.32 Å². The van der Waals surface area contributed by atoms with Crippen molar-refractivity contribution in [2.75, 3.05) is 13.1 Å². The van der Waals surface area contributed by atoms with Crippen LogP contribution in [0.5, 0.6) is 0 Å². The molecule has 2 heterocycles. The minimum atomic E-state index is -0.564. The van der Waals surface area contributed by atoms with Crippen molar-refractivity contribution in [2.45, 2.75) is 52.2 Å². The van der Waals surface area contributed by atoms with Gasteiger partial charge in [0.05, 0.1) is 16.4 Å². The first-order valence-corrected chi connectivity index (χ1v) is 13.2. The predicted molar refractivity (Wildman–Crippen MR) is 147 cm³/mol. The molecule has 1 aliphatic heterocycles. The number of benzene rings is 2. The van der Waals surface area contributed by atoms with Gasteiger partial charge in [-0.1, -0.05) is 46.9 Å². The Morgan fingerprint density at radius 3 is 2.22 bits per heavy atom. The third kappa shape index (κ3) is 6.40. The Morgan fingerprint density at radius 1 is 1.00 bits per heavy atom. The summed E-state index contributed by atoms with van der Waals surface area (Å²) in [5, 5.41) is 9.16. The van der Waals surface area contributed by atoms with Gasteiger partial charge < -0.3 is 15.0 Å². The minimum Gasteiger partial charge on any atom is -0.444 e. The van der Waals surface area contributed by atoms with Crippen LogP contribution >= 0.6 is 34.8 Å². The van der Waals surface area contributed by atoms with Gasteiger partial charge in [0, 0.05) is 40.3 Å². The highest BCUT2D eigenvalue weighted by atomic mass is 35.5. The summed E-state index contributed by atoms with van der Waals surface area (Å²) in [5.74, 6) is -0.174. The van der Waals surface area contributed by atoms with Gasteiger partial charge in [0.15, 0.2) is 5.69 Å². The number of ether oxygens (including phenoxy) is 1. The summed E-state index contributed by atoms with van der Waals surface area (Å²) < 4.78 is 7.04. The number of carbonyl (C=O) groups is 2. The number of piperidine rings is 1. The maximum absolute atomic E-state index is 13.6. The molecular formula is C27H29Cl3N4O3. The molecule has 1 N–H and O–H groups in total. The highest BCUT2D eigenvalue weighted by Crippen LogP contribution is 2.34. The van der Waals surface area contributed by atoms with Crippen LogP contribution < -0.4 is 5.32 Å². The van der Waals surface area contributed by atoms with E-state index in [4.69, 9.17) is 44.6 Å². The number of likely N-dealkylation sites (tertiary alicyclic amines) is 1. The summed E-state index contributed by atoms with van der Waals surface area (Å²) >= 11 is 18.8. The summed E-state index contributed by atoms with van der Waals surface area (Å²) in [7, 11) is 0. The quantitative estimate of drug-likeness (QED) is 0.373. The van der Waals surface area contributed by atoms with Gasteiger partial charge in [0.25, 0.3) is 5.91 Å². The second-order valence-corrected chi connectivity index (χ2v) is 11.3. The number of hydrogen-bond donors (Lipinski definition) is 1. The number of hydrogen-bond acceptors (Lipinski definition) is 4. The molecule has 3 aromatic rings. The number of nitrogens with zero attached hydrogens (tertiary/aromatic N) is 3. The molecule has 37 heavy (non-hydrogen) atoms. The number of halogens is 3. The van der Waals surface area contributed by atoms with Gasteiger partial charge in [-0.2, -0.15) is 5.10 Å². The van der Waals surface area contributed by atoms with Gasteiger partial charge in [0.1, 0.15) is 5.60 Å². The van der Waals surface area contributed by atoms with Crippen LogP contribution in [0, 0.1) is 6.92 Å². The number of amides is 2. The lowest BCUT2D eigenvalue weighted by Crippen LogP contribution is -2.47. The van der Waals surface area contributed by atoms with Gasteiger partial charge in [-0.25, -0.2) is 9.48 Å². The van der Waals surface area contributed by atoms with Crippen molar-refractivity contribution in [3.05, 3.63) is 68.8 Å². The highest BCUT2D eigenvalue weighted by Gasteiger charge is 2.30. The minimum absolute atomic E-state index is 0.0601. The first-order chi connectivity index (χ1) is 17.4.